The first-order chi connectivity index (χ1) is 11.1. The number of benzene rings is 2. The van der Waals surface area contributed by atoms with Crippen LogP contribution in [0.25, 0.3) is 0 Å². The van der Waals surface area contributed by atoms with Crippen LogP contribution in [0.1, 0.15) is 10.4 Å². The first-order valence-corrected chi connectivity index (χ1v) is 7.22. The van der Waals surface area contributed by atoms with Gasteiger partial charge in [-0.2, -0.15) is 0 Å². The number of nitrogens with one attached hydrogen (secondary N) is 2. The second kappa shape index (κ2) is 8.05. The van der Waals surface area contributed by atoms with E-state index in [2.05, 4.69) is 17.2 Å². The maximum atomic E-state index is 13.6. The Kier molecular flexibility index (Phi) is 5.82. The van der Waals surface area contributed by atoms with Gasteiger partial charge in [-0.05, 0) is 36.5 Å². The van der Waals surface area contributed by atoms with Gasteiger partial charge in [-0.15, -0.1) is 0 Å². The van der Waals surface area contributed by atoms with Crippen molar-refractivity contribution in [3.8, 4) is 5.75 Å². The summed E-state index contributed by atoms with van der Waals surface area (Å²) in [5.41, 5.74) is 0.515. The molecule has 0 fully saturated rings. The number of rotatable bonds is 5. The lowest BCUT2D eigenvalue weighted by atomic mass is 10.2. The minimum absolute atomic E-state index is 0.0490. The molecule has 118 valence electrons. The molecule has 0 unspecified atom stereocenters. The number of hydrogen-bond donors (Lipinski definition) is 2. The van der Waals surface area contributed by atoms with Gasteiger partial charge in [0.1, 0.15) is 18.2 Å². The fourth-order valence-corrected chi connectivity index (χ4v) is 2.02. The minimum atomic E-state index is -0.620. The molecule has 0 bridgehead atoms. The van der Waals surface area contributed by atoms with Gasteiger partial charge in [-0.1, -0.05) is 36.9 Å². The predicted molar refractivity (Wildman–Crippen MR) is 92.2 cm³/mol. The summed E-state index contributed by atoms with van der Waals surface area (Å²) in [4.78, 5) is 12.0. The number of thiocarbonyl (C=S) groups is 1. The van der Waals surface area contributed by atoms with Gasteiger partial charge in [0.25, 0.3) is 5.91 Å². The highest BCUT2D eigenvalue weighted by molar-refractivity contribution is 7.80. The van der Waals surface area contributed by atoms with Crippen LogP contribution in [-0.2, 0) is 0 Å². The summed E-state index contributed by atoms with van der Waals surface area (Å²) >= 11 is 5.09. The number of hydrogen-bond acceptors (Lipinski definition) is 3. The van der Waals surface area contributed by atoms with Crippen LogP contribution in [0.2, 0.25) is 0 Å². The van der Waals surface area contributed by atoms with Crippen molar-refractivity contribution in [2.45, 2.75) is 0 Å². The number of carbonyl (C=O) groups is 1. The van der Waals surface area contributed by atoms with Crippen molar-refractivity contribution in [2.24, 2.45) is 0 Å². The van der Waals surface area contributed by atoms with Crippen LogP contribution in [0.15, 0.2) is 61.2 Å². The fraction of sp³-hybridized carbons (Fsp3) is 0.0588. The molecular weight excluding hydrogens is 315 g/mol. The number of anilines is 1. The average Bonchev–Trinajstić information content (AvgIpc) is 2.54. The van der Waals surface area contributed by atoms with Crippen molar-refractivity contribution < 1.29 is 13.9 Å². The normalized spacial score (nSPS) is 9.78. The molecule has 0 heterocycles. The second-order valence-corrected chi connectivity index (χ2v) is 4.89. The third kappa shape index (κ3) is 4.62. The molecule has 2 N–H and O–H groups in total. The SMILES string of the molecule is C=CCOc1ccccc1NC(=S)NC(=O)c1ccccc1F. The minimum Gasteiger partial charge on any atom is -0.487 e. The highest BCUT2D eigenvalue weighted by atomic mass is 32.1. The van der Waals surface area contributed by atoms with Crippen molar-refractivity contribution in [3.63, 3.8) is 0 Å². The Morgan fingerprint density at radius 3 is 2.65 bits per heavy atom. The zero-order valence-corrected chi connectivity index (χ0v) is 13.0. The smallest absolute Gasteiger partial charge is 0.260 e. The first-order valence-electron chi connectivity index (χ1n) is 6.81. The lowest BCUT2D eigenvalue weighted by Gasteiger charge is -2.13. The Bertz CT molecular complexity index is 734. The number of carbonyl (C=O) groups excluding carboxylic acids is 1. The van der Waals surface area contributed by atoms with Gasteiger partial charge < -0.3 is 10.1 Å². The lowest BCUT2D eigenvalue weighted by molar-refractivity contribution is 0.0974. The van der Waals surface area contributed by atoms with Crippen LogP contribution < -0.4 is 15.4 Å². The van der Waals surface area contributed by atoms with E-state index in [1.165, 1.54) is 18.2 Å². The van der Waals surface area contributed by atoms with Crippen LogP contribution in [0.4, 0.5) is 10.1 Å². The Hall–Kier alpha value is -2.73. The Morgan fingerprint density at radius 1 is 1.22 bits per heavy atom. The lowest BCUT2D eigenvalue weighted by Crippen LogP contribution is -2.34. The third-order valence-corrected chi connectivity index (χ3v) is 3.04. The molecule has 6 heteroatoms. The van der Waals surface area contributed by atoms with Crippen LogP contribution in [-0.4, -0.2) is 17.6 Å². The van der Waals surface area contributed by atoms with E-state index in [0.717, 1.165) is 0 Å². The maximum Gasteiger partial charge on any atom is 0.260 e. The summed E-state index contributed by atoms with van der Waals surface area (Å²) in [5.74, 6) is -0.664. The zero-order chi connectivity index (χ0) is 16.7. The molecule has 0 aliphatic carbocycles. The molecule has 2 aromatic rings. The largest absolute Gasteiger partial charge is 0.487 e. The van der Waals surface area contributed by atoms with Crippen LogP contribution in [0.3, 0.4) is 0 Å². The summed E-state index contributed by atoms with van der Waals surface area (Å²) in [6.07, 6.45) is 1.62. The van der Waals surface area contributed by atoms with Crippen LogP contribution >= 0.6 is 12.2 Å². The molecule has 0 aliphatic rings. The van der Waals surface area contributed by atoms with Crippen molar-refractivity contribution in [1.29, 1.82) is 0 Å². The maximum absolute atomic E-state index is 13.6. The summed E-state index contributed by atoms with van der Waals surface area (Å²) in [7, 11) is 0. The van der Waals surface area contributed by atoms with E-state index in [-0.39, 0.29) is 10.7 Å². The molecule has 0 saturated heterocycles. The van der Waals surface area contributed by atoms with E-state index in [0.29, 0.717) is 18.0 Å². The molecule has 23 heavy (non-hydrogen) atoms. The fourth-order valence-electron chi connectivity index (χ4n) is 1.81. The van der Waals surface area contributed by atoms with Gasteiger partial charge in [0.2, 0.25) is 0 Å². The topological polar surface area (TPSA) is 50.4 Å². The molecule has 0 radical (unpaired) electrons. The molecule has 0 saturated carbocycles. The highest BCUT2D eigenvalue weighted by Gasteiger charge is 2.13. The predicted octanol–water partition coefficient (Wildman–Crippen LogP) is 3.52. The van der Waals surface area contributed by atoms with E-state index in [1.54, 1.807) is 30.3 Å². The van der Waals surface area contributed by atoms with E-state index >= 15 is 0 Å². The molecule has 0 spiro atoms. The standard InChI is InChI=1S/C17H15FN2O2S/c1-2-11-22-15-10-6-5-9-14(15)19-17(23)20-16(21)12-7-3-4-8-13(12)18/h2-10H,1,11H2,(H2,19,20,21,23). The Morgan fingerprint density at radius 2 is 1.91 bits per heavy atom. The molecular formula is C17H15FN2O2S. The molecule has 4 nitrogen and oxygen atoms in total. The third-order valence-electron chi connectivity index (χ3n) is 2.84. The van der Waals surface area contributed by atoms with E-state index in [9.17, 15) is 9.18 Å². The van der Waals surface area contributed by atoms with Crippen molar-refractivity contribution in [1.82, 2.24) is 5.32 Å². The number of amides is 1. The summed E-state index contributed by atoms with van der Waals surface area (Å²) in [6.45, 7) is 3.92. The van der Waals surface area contributed by atoms with Gasteiger partial charge >= 0.3 is 0 Å². The molecule has 2 aromatic carbocycles. The van der Waals surface area contributed by atoms with Gasteiger partial charge in [-0.3, -0.25) is 10.1 Å². The number of ether oxygens (including phenoxy) is 1. The molecule has 0 aromatic heterocycles. The summed E-state index contributed by atoms with van der Waals surface area (Å²) in [5, 5.41) is 5.34. The Balaban J connectivity index is 2.04. The van der Waals surface area contributed by atoms with Gasteiger partial charge in [-0.25, -0.2) is 4.39 Å². The van der Waals surface area contributed by atoms with Crippen molar-refractivity contribution in [2.75, 3.05) is 11.9 Å². The Labute approximate surface area is 139 Å². The van der Waals surface area contributed by atoms with Crippen LogP contribution in [0, 0.1) is 5.82 Å². The number of halogens is 1. The quantitative estimate of drug-likeness (QED) is 0.651. The van der Waals surface area contributed by atoms with E-state index in [4.69, 9.17) is 17.0 Å². The first kappa shape index (κ1) is 16.6. The van der Waals surface area contributed by atoms with Gasteiger partial charge in [0, 0.05) is 0 Å². The van der Waals surface area contributed by atoms with Crippen LogP contribution in [0.5, 0.6) is 5.75 Å². The molecule has 0 atom stereocenters. The highest BCUT2D eigenvalue weighted by Crippen LogP contribution is 2.23. The van der Waals surface area contributed by atoms with Gasteiger partial charge in [0.15, 0.2) is 5.11 Å². The van der Waals surface area contributed by atoms with Crippen molar-refractivity contribution >= 4 is 28.9 Å². The summed E-state index contributed by atoms with van der Waals surface area (Å²) in [6, 6.07) is 12.8. The molecule has 1 amide bonds. The number of para-hydroxylation sites is 2. The van der Waals surface area contributed by atoms with E-state index in [1.807, 2.05) is 6.07 Å². The van der Waals surface area contributed by atoms with Gasteiger partial charge in [0.05, 0.1) is 11.3 Å². The molecule has 2 rings (SSSR count). The average molecular weight is 330 g/mol. The zero-order valence-electron chi connectivity index (χ0n) is 12.2. The second-order valence-electron chi connectivity index (χ2n) is 4.48. The van der Waals surface area contributed by atoms with E-state index < -0.39 is 11.7 Å². The summed E-state index contributed by atoms with van der Waals surface area (Å²) < 4.78 is 19.0. The molecule has 0 aliphatic heterocycles. The monoisotopic (exact) mass is 330 g/mol. The van der Waals surface area contributed by atoms with Crippen molar-refractivity contribution in [3.05, 3.63) is 72.6 Å².